The Morgan fingerprint density at radius 3 is 2.42 bits per heavy atom. The smallest absolute Gasteiger partial charge is 0.127 e. The highest BCUT2D eigenvalue weighted by atomic mass is 35.5. The van der Waals surface area contributed by atoms with Crippen molar-refractivity contribution >= 4 is 59.4 Å². The molecule has 2 heterocycles. The summed E-state index contributed by atoms with van der Waals surface area (Å²) in [4.78, 5) is 6.59. The van der Waals surface area contributed by atoms with E-state index in [0.29, 0.717) is 5.84 Å². The Hall–Kier alpha value is -1.01. The number of hydrogen-bond acceptors (Lipinski definition) is 4. The van der Waals surface area contributed by atoms with E-state index in [1.165, 1.54) is 23.5 Å². The second-order valence-corrected chi connectivity index (χ2v) is 6.50. The van der Waals surface area contributed by atoms with Crippen molar-refractivity contribution in [3.8, 4) is 10.6 Å². The van der Waals surface area contributed by atoms with Crippen LogP contribution in [0.1, 0.15) is 24.1 Å². The van der Waals surface area contributed by atoms with E-state index in [2.05, 4.69) is 17.4 Å². The van der Waals surface area contributed by atoms with Gasteiger partial charge in [-0.1, -0.05) is 35.6 Å². The Morgan fingerprint density at radius 2 is 1.79 bits per heavy atom. The largest absolute Gasteiger partial charge is 0.375 e. The molecule has 8 heteroatoms. The van der Waals surface area contributed by atoms with Crippen LogP contribution in [0.15, 0.2) is 24.3 Å². The zero-order valence-corrected chi connectivity index (χ0v) is 16.9. The summed E-state index contributed by atoms with van der Waals surface area (Å²) >= 11 is 1.74. The zero-order chi connectivity index (χ0) is 14.8. The van der Waals surface area contributed by atoms with Crippen LogP contribution in [0, 0.1) is 5.41 Å². The van der Waals surface area contributed by atoms with Crippen molar-refractivity contribution in [1.82, 2.24) is 9.88 Å². The van der Waals surface area contributed by atoms with Gasteiger partial charge in [-0.15, -0.1) is 37.2 Å². The predicted molar refractivity (Wildman–Crippen MR) is 111 cm³/mol. The molecular formula is C16H23Cl3N4S. The molecule has 0 amide bonds. The lowest BCUT2D eigenvalue weighted by Crippen LogP contribution is -2.21. The topological polar surface area (TPSA) is 52.0 Å². The molecule has 1 aliphatic rings. The maximum absolute atomic E-state index is 7.99. The fraction of sp³-hybridized carbons (Fsp3) is 0.375. The number of rotatable bonds is 2. The first kappa shape index (κ1) is 23.0. The van der Waals surface area contributed by atoms with Crippen molar-refractivity contribution in [1.29, 1.82) is 5.41 Å². The highest BCUT2D eigenvalue weighted by Crippen LogP contribution is 2.34. The number of nitrogens with zero attached hydrogens (tertiary/aromatic N) is 2. The monoisotopic (exact) mass is 408 g/mol. The number of hydrogen-bond donors (Lipinski definition) is 2. The number of benzene rings is 1. The fourth-order valence-electron chi connectivity index (χ4n) is 2.43. The fourth-order valence-corrected chi connectivity index (χ4v) is 3.47. The highest BCUT2D eigenvalue weighted by molar-refractivity contribution is 7.19. The van der Waals surface area contributed by atoms with Gasteiger partial charge in [-0.2, -0.15) is 0 Å². The van der Waals surface area contributed by atoms with Crippen LogP contribution in [0.2, 0.25) is 0 Å². The molecule has 0 spiro atoms. The SMILES string of the molecule is CN(C)C(=N)c1ccc(-c2nc3c(s2)NCCCC3)cc1.Cl.Cl.Cl. The molecule has 0 saturated carbocycles. The Labute approximate surface area is 165 Å². The molecule has 1 aromatic carbocycles. The molecule has 0 radical (unpaired) electrons. The van der Waals surface area contributed by atoms with Crippen molar-refractivity contribution in [3.05, 3.63) is 35.5 Å². The van der Waals surface area contributed by atoms with Crippen molar-refractivity contribution in [2.24, 2.45) is 0 Å². The predicted octanol–water partition coefficient (Wildman–Crippen LogP) is 4.71. The summed E-state index contributed by atoms with van der Waals surface area (Å²) in [6, 6.07) is 8.12. The Balaban J connectivity index is 0.00000176. The number of anilines is 1. The number of nitrogens with one attached hydrogen (secondary N) is 2. The second-order valence-electron chi connectivity index (χ2n) is 5.50. The summed E-state index contributed by atoms with van der Waals surface area (Å²) in [7, 11) is 3.78. The average molecular weight is 410 g/mol. The van der Waals surface area contributed by atoms with E-state index in [0.717, 1.165) is 29.1 Å². The van der Waals surface area contributed by atoms with Gasteiger partial charge in [0, 0.05) is 31.8 Å². The normalized spacial score (nSPS) is 12.2. The van der Waals surface area contributed by atoms with Crippen LogP contribution >= 0.6 is 48.6 Å². The number of fused-ring (bicyclic) bond motifs is 1. The van der Waals surface area contributed by atoms with Crippen molar-refractivity contribution in [3.63, 3.8) is 0 Å². The third kappa shape index (κ3) is 4.99. The van der Waals surface area contributed by atoms with Crippen LogP contribution in [0.4, 0.5) is 5.00 Å². The number of amidine groups is 1. The molecule has 134 valence electrons. The van der Waals surface area contributed by atoms with Crippen LogP contribution in [0.3, 0.4) is 0 Å². The molecule has 24 heavy (non-hydrogen) atoms. The van der Waals surface area contributed by atoms with Gasteiger partial charge in [0.05, 0.1) is 5.69 Å². The van der Waals surface area contributed by atoms with Crippen LogP contribution in [0.25, 0.3) is 10.6 Å². The van der Waals surface area contributed by atoms with Gasteiger partial charge in [0.25, 0.3) is 0 Å². The van der Waals surface area contributed by atoms with E-state index in [9.17, 15) is 0 Å². The van der Waals surface area contributed by atoms with E-state index in [-0.39, 0.29) is 37.2 Å². The molecule has 0 atom stereocenters. The third-order valence-electron chi connectivity index (χ3n) is 3.68. The van der Waals surface area contributed by atoms with Gasteiger partial charge in [0.2, 0.25) is 0 Å². The maximum atomic E-state index is 7.99. The zero-order valence-electron chi connectivity index (χ0n) is 13.7. The second kappa shape index (κ2) is 10.1. The van der Waals surface area contributed by atoms with Crippen LogP contribution in [-0.2, 0) is 6.42 Å². The molecule has 3 rings (SSSR count). The highest BCUT2D eigenvalue weighted by Gasteiger charge is 2.15. The molecule has 2 N–H and O–H groups in total. The standard InChI is InChI=1S/C16H20N4S.3ClH/c1-20(2)14(17)11-6-8-12(9-7-11)15-19-13-5-3-4-10-18-16(13)21-15;;;/h6-9,17-18H,3-5,10H2,1-2H3;3*1H. The minimum atomic E-state index is 0. The molecule has 2 aromatic rings. The Kier molecular flexibility index (Phi) is 9.66. The molecule has 0 bridgehead atoms. The summed E-state index contributed by atoms with van der Waals surface area (Å²) in [5.74, 6) is 0.526. The van der Waals surface area contributed by atoms with Crippen LogP contribution in [-0.4, -0.2) is 36.4 Å². The Morgan fingerprint density at radius 1 is 1.12 bits per heavy atom. The summed E-state index contributed by atoms with van der Waals surface area (Å²) < 4.78 is 0. The van der Waals surface area contributed by atoms with Crippen LogP contribution < -0.4 is 5.32 Å². The van der Waals surface area contributed by atoms with E-state index >= 15 is 0 Å². The molecule has 0 aliphatic carbocycles. The van der Waals surface area contributed by atoms with Gasteiger partial charge in [0.15, 0.2) is 0 Å². The molecule has 1 aliphatic heterocycles. The van der Waals surface area contributed by atoms with Gasteiger partial charge in [0.1, 0.15) is 15.8 Å². The van der Waals surface area contributed by atoms with Gasteiger partial charge < -0.3 is 10.2 Å². The van der Waals surface area contributed by atoms with Crippen LogP contribution in [0.5, 0.6) is 0 Å². The van der Waals surface area contributed by atoms with Crippen molar-refractivity contribution < 1.29 is 0 Å². The third-order valence-corrected chi connectivity index (χ3v) is 4.78. The summed E-state index contributed by atoms with van der Waals surface area (Å²) in [6.45, 7) is 1.05. The van der Waals surface area contributed by atoms with Crippen molar-refractivity contribution in [2.45, 2.75) is 19.3 Å². The minimum Gasteiger partial charge on any atom is -0.375 e. The quantitative estimate of drug-likeness (QED) is 0.558. The summed E-state index contributed by atoms with van der Waals surface area (Å²) in [5, 5.41) is 13.8. The molecule has 1 aromatic heterocycles. The average Bonchev–Trinajstić information content (AvgIpc) is 2.77. The lowest BCUT2D eigenvalue weighted by molar-refractivity contribution is 0.619. The first-order valence-electron chi connectivity index (χ1n) is 7.25. The molecule has 0 saturated heterocycles. The van der Waals surface area contributed by atoms with Gasteiger partial charge in [-0.05, 0) is 19.3 Å². The lowest BCUT2D eigenvalue weighted by Gasteiger charge is -2.13. The van der Waals surface area contributed by atoms with Gasteiger partial charge in [-0.25, -0.2) is 4.98 Å². The Bertz CT molecular complexity index is 632. The molecule has 4 nitrogen and oxygen atoms in total. The van der Waals surface area contributed by atoms with E-state index in [4.69, 9.17) is 10.4 Å². The van der Waals surface area contributed by atoms with Gasteiger partial charge in [-0.3, -0.25) is 5.41 Å². The molecule has 0 unspecified atom stereocenters. The van der Waals surface area contributed by atoms with Gasteiger partial charge >= 0.3 is 0 Å². The van der Waals surface area contributed by atoms with Crippen molar-refractivity contribution in [2.75, 3.05) is 26.0 Å². The number of aryl methyl sites for hydroxylation is 1. The first-order valence-corrected chi connectivity index (χ1v) is 8.07. The molecule has 0 fully saturated rings. The number of thiazole rings is 1. The lowest BCUT2D eigenvalue weighted by atomic mass is 10.1. The van der Waals surface area contributed by atoms with E-state index in [1.807, 2.05) is 31.1 Å². The minimum absolute atomic E-state index is 0. The summed E-state index contributed by atoms with van der Waals surface area (Å²) in [5.41, 5.74) is 3.27. The summed E-state index contributed by atoms with van der Waals surface area (Å²) in [6.07, 6.45) is 3.50. The maximum Gasteiger partial charge on any atom is 0.127 e. The number of halogens is 3. The number of aromatic nitrogens is 1. The first-order chi connectivity index (χ1) is 10.1. The van der Waals surface area contributed by atoms with E-state index in [1.54, 1.807) is 11.3 Å². The molecular weight excluding hydrogens is 387 g/mol. The van der Waals surface area contributed by atoms with E-state index < -0.39 is 0 Å².